The minimum absolute atomic E-state index is 0.0935. The van der Waals surface area contributed by atoms with Crippen LogP contribution >= 0.6 is 0 Å². The summed E-state index contributed by atoms with van der Waals surface area (Å²) in [5.41, 5.74) is 0.808. The molecule has 0 saturated carbocycles. The zero-order valence-corrected chi connectivity index (χ0v) is 15.2. The lowest BCUT2D eigenvalue weighted by atomic mass is 9.99. The number of hydrogen-bond acceptors (Lipinski definition) is 2. The maximum Gasteiger partial charge on any atom is 0.416 e. The van der Waals surface area contributed by atoms with Crippen LogP contribution in [0.1, 0.15) is 15.9 Å². The normalized spacial score (nSPS) is 11.6. The van der Waals surface area contributed by atoms with E-state index in [0.29, 0.717) is 22.4 Å². The van der Waals surface area contributed by atoms with Crippen LogP contribution < -0.4 is 0 Å². The highest BCUT2D eigenvalue weighted by Crippen LogP contribution is 2.34. The highest BCUT2D eigenvalue weighted by molar-refractivity contribution is 6.04. The minimum Gasteiger partial charge on any atom is -0.478 e. The van der Waals surface area contributed by atoms with Gasteiger partial charge in [0, 0.05) is 16.5 Å². The summed E-state index contributed by atoms with van der Waals surface area (Å²) in [4.78, 5) is 16.0. The van der Waals surface area contributed by atoms with Crippen LogP contribution in [0.4, 0.5) is 17.6 Å². The zero-order valence-electron chi connectivity index (χ0n) is 15.2. The second kappa shape index (κ2) is 7.26. The number of aromatic nitrogens is 1. The van der Waals surface area contributed by atoms with E-state index in [1.807, 2.05) is 0 Å². The first-order chi connectivity index (χ1) is 14.2. The van der Waals surface area contributed by atoms with Crippen molar-refractivity contribution in [2.24, 2.45) is 0 Å². The SMILES string of the molecule is O=C(O)c1cc(-c2ccc(-c3ccccc3F)cc2)nc2ccc(C(F)(F)F)cc12. The number of fused-ring (bicyclic) bond motifs is 1. The van der Waals surface area contributed by atoms with Gasteiger partial charge in [-0.3, -0.25) is 0 Å². The van der Waals surface area contributed by atoms with Gasteiger partial charge in [-0.2, -0.15) is 13.2 Å². The van der Waals surface area contributed by atoms with E-state index in [0.717, 1.165) is 18.2 Å². The van der Waals surface area contributed by atoms with Crippen LogP contribution in [-0.2, 0) is 6.18 Å². The second-order valence-corrected chi connectivity index (χ2v) is 6.65. The Hall–Kier alpha value is -3.74. The van der Waals surface area contributed by atoms with E-state index < -0.39 is 17.7 Å². The molecule has 0 saturated heterocycles. The molecule has 150 valence electrons. The summed E-state index contributed by atoms with van der Waals surface area (Å²) in [6.45, 7) is 0. The highest BCUT2D eigenvalue weighted by Gasteiger charge is 2.31. The molecule has 3 nitrogen and oxygen atoms in total. The standard InChI is InChI=1S/C23H13F4NO2/c24-19-4-2-1-3-16(19)13-5-7-14(8-6-13)21-12-18(22(29)30)17-11-15(23(25,26)27)9-10-20(17)28-21/h1-12H,(H,29,30). The molecule has 4 rings (SSSR count). The quantitative estimate of drug-likeness (QED) is 0.396. The van der Waals surface area contributed by atoms with Crippen molar-refractivity contribution < 1.29 is 27.5 Å². The Kier molecular flexibility index (Phi) is 4.73. The van der Waals surface area contributed by atoms with Crippen LogP contribution in [0, 0.1) is 5.82 Å². The van der Waals surface area contributed by atoms with Gasteiger partial charge in [0.25, 0.3) is 0 Å². The van der Waals surface area contributed by atoms with E-state index in [1.165, 1.54) is 12.1 Å². The molecular formula is C23H13F4NO2. The number of nitrogens with zero attached hydrogens (tertiary/aromatic N) is 1. The van der Waals surface area contributed by atoms with Crippen LogP contribution in [0.15, 0.2) is 72.8 Å². The van der Waals surface area contributed by atoms with Crippen molar-refractivity contribution in [1.29, 1.82) is 0 Å². The molecule has 1 N–H and O–H groups in total. The first-order valence-corrected chi connectivity index (χ1v) is 8.84. The molecule has 3 aromatic carbocycles. The number of hydrogen-bond donors (Lipinski definition) is 1. The molecule has 0 unspecified atom stereocenters. The molecule has 0 atom stereocenters. The summed E-state index contributed by atoms with van der Waals surface area (Å²) < 4.78 is 53.0. The molecule has 30 heavy (non-hydrogen) atoms. The Labute approximate surface area is 168 Å². The third-order valence-electron chi connectivity index (χ3n) is 4.73. The third kappa shape index (κ3) is 3.61. The van der Waals surface area contributed by atoms with Crippen LogP contribution in [0.2, 0.25) is 0 Å². The Morgan fingerprint density at radius 1 is 0.867 bits per heavy atom. The second-order valence-electron chi connectivity index (χ2n) is 6.65. The Morgan fingerprint density at radius 3 is 2.17 bits per heavy atom. The topological polar surface area (TPSA) is 50.2 Å². The van der Waals surface area contributed by atoms with Gasteiger partial charge < -0.3 is 5.11 Å². The maximum absolute atomic E-state index is 14.0. The van der Waals surface area contributed by atoms with Gasteiger partial charge in [-0.15, -0.1) is 0 Å². The summed E-state index contributed by atoms with van der Waals surface area (Å²) in [5.74, 6) is -1.73. The van der Waals surface area contributed by atoms with Gasteiger partial charge in [-0.05, 0) is 35.9 Å². The summed E-state index contributed by atoms with van der Waals surface area (Å²) in [6.07, 6.45) is -4.59. The molecule has 7 heteroatoms. The maximum atomic E-state index is 14.0. The molecule has 0 spiro atoms. The van der Waals surface area contributed by atoms with Crippen LogP contribution in [0.5, 0.6) is 0 Å². The molecular weight excluding hydrogens is 398 g/mol. The minimum atomic E-state index is -4.59. The molecule has 1 aromatic heterocycles. The number of carbonyl (C=O) groups is 1. The fraction of sp³-hybridized carbons (Fsp3) is 0.0435. The number of pyridine rings is 1. The van der Waals surface area contributed by atoms with Gasteiger partial charge in [0.15, 0.2) is 0 Å². The van der Waals surface area contributed by atoms with E-state index in [1.54, 1.807) is 42.5 Å². The van der Waals surface area contributed by atoms with Gasteiger partial charge in [0.05, 0.1) is 22.3 Å². The zero-order chi connectivity index (χ0) is 21.5. The Balaban J connectivity index is 1.81. The molecule has 4 aromatic rings. The van der Waals surface area contributed by atoms with Crippen molar-refractivity contribution in [2.75, 3.05) is 0 Å². The van der Waals surface area contributed by atoms with Crippen molar-refractivity contribution in [1.82, 2.24) is 4.98 Å². The van der Waals surface area contributed by atoms with Crippen LogP contribution in [-0.4, -0.2) is 16.1 Å². The van der Waals surface area contributed by atoms with Crippen molar-refractivity contribution in [3.05, 3.63) is 89.7 Å². The van der Waals surface area contributed by atoms with Gasteiger partial charge in [0.2, 0.25) is 0 Å². The molecule has 0 bridgehead atoms. The molecule has 0 aliphatic rings. The van der Waals surface area contributed by atoms with E-state index in [4.69, 9.17) is 0 Å². The first-order valence-electron chi connectivity index (χ1n) is 8.84. The fourth-order valence-electron chi connectivity index (χ4n) is 3.24. The van der Waals surface area contributed by atoms with E-state index >= 15 is 0 Å². The Bertz CT molecular complexity index is 1260. The van der Waals surface area contributed by atoms with E-state index in [2.05, 4.69) is 4.98 Å². The van der Waals surface area contributed by atoms with Gasteiger partial charge in [-0.1, -0.05) is 42.5 Å². The number of carboxylic acids is 1. The third-order valence-corrected chi connectivity index (χ3v) is 4.73. The smallest absolute Gasteiger partial charge is 0.416 e. The van der Waals surface area contributed by atoms with E-state index in [-0.39, 0.29) is 22.3 Å². The van der Waals surface area contributed by atoms with E-state index in [9.17, 15) is 27.5 Å². The number of benzene rings is 3. The average molecular weight is 411 g/mol. The number of carboxylic acid groups (broad SMARTS) is 1. The first kappa shape index (κ1) is 19.6. The number of halogens is 4. The lowest BCUT2D eigenvalue weighted by molar-refractivity contribution is -0.137. The molecule has 1 heterocycles. The number of aromatic carboxylic acids is 1. The lowest BCUT2D eigenvalue weighted by Gasteiger charge is -2.11. The van der Waals surface area contributed by atoms with Crippen molar-refractivity contribution in [2.45, 2.75) is 6.18 Å². The molecule has 0 amide bonds. The van der Waals surface area contributed by atoms with Gasteiger partial charge in [0.1, 0.15) is 5.82 Å². The predicted molar refractivity (Wildman–Crippen MR) is 105 cm³/mol. The summed E-state index contributed by atoms with van der Waals surface area (Å²) in [6, 6.07) is 17.0. The summed E-state index contributed by atoms with van der Waals surface area (Å²) >= 11 is 0. The van der Waals surface area contributed by atoms with Gasteiger partial charge in [-0.25, -0.2) is 14.2 Å². The largest absolute Gasteiger partial charge is 0.478 e. The predicted octanol–water partition coefficient (Wildman–Crippen LogP) is 6.42. The summed E-state index contributed by atoms with van der Waals surface area (Å²) in [5, 5.41) is 9.43. The molecule has 0 aliphatic carbocycles. The van der Waals surface area contributed by atoms with Crippen molar-refractivity contribution in [3.63, 3.8) is 0 Å². The summed E-state index contributed by atoms with van der Waals surface area (Å²) in [7, 11) is 0. The van der Waals surface area contributed by atoms with Crippen LogP contribution in [0.3, 0.4) is 0 Å². The monoisotopic (exact) mass is 411 g/mol. The molecule has 0 radical (unpaired) electrons. The number of alkyl halides is 3. The lowest BCUT2D eigenvalue weighted by Crippen LogP contribution is -2.06. The molecule has 0 aliphatic heterocycles. The van der Waals surface area contributed by atoms with Crippen LogP contribution in [0.25, 0.3) is 33.3 Å². The van der Waals surface area contributed by atoms with Crippen molar-refractivity contribution in [3.8, 4) is 22.4 Å². The van der Waals surface area contributed by atoms with Gasteiger partial charge >= 0.3 is 12.1 Å². The van der Waals surface area contributed by atoms with Crippen molar-refractivity contribution >= 4 is 16.9 Å². The fourth-order valence-corrected chi connectivity index (χ4v) is 3.24. The molecule has 0 fully saturated rings. The average Bonchev–Trinajstić information content (AvgIpc) is 2.72. The highest BCUT2D eigenvalue weighted by atomic mass is 19.4. The Morgan fingerprint density at radius 2 is 1.53 bits per heavy atom. The number of rotatable bonds is 3.